The van der Waals surface area contributed by atoms with Crippen molar-refractivity contribution in [3.05, 3.63) is 35.4 Å². The second kappa shape index (κ2) is 3.61. The van der Waals surface area contributed by atoms with Crippen LogP contribution in [0.3, 0.4) is 0 Å². The molecule has 0 fully saturated rings. The lowest BCUT2D eigenvalue weighted by molar-refractivity contribution is -0.0590. The van der Waals surface area contributed by atoms with E-state index in [1.165, 1.54) is 5.56 Å². The van der Waals surface area contributed by atoms with Crippen LogP contribution in [0.4, 0.5) is 0 Å². The summed E-state index contributed by atoms with van der Waals surface area (Å²) < 4.78 is 0. The lowest BCUT2D eigenvalue weighted by Gasteiger charge is -2.42. The molecule has 2 nitrogen and oxygen atoms in total. The fourth-order valence-corrected chi connectivity index (χ4v) is 2.55. The molecule has 1 aliphatic carbocycles. The smallest absolute Gasteiger partial charge is 0.108 e. The second-order valence-electron chi connectivity index (χ2n) is 5.11. The number of nitriles is 1. The second-order valence-corrected chi connectivity index (χ2v) is 5.11. The van der Waals surface area contributed by atoms with Crippen molar-refractivity contribution in [1.29, 1.82) is 5.26 Å². The first-order valence-electron chi connectivity index (χ1n) is 5.73. The maximum atomic E-state index is 10.8. The number of aliphatic hydroxyl groups is 1. The van der Waals surface area contributed by atoms with Crippen LogP contribution >= 0.6 is 0 Å². The average Bonchev–Trinajstić information content (AvgIpc) is 2.29. The molecule has 1 aliphatic rings. The Hall–Kier alpha value is -1.33. The number of aryl methyl sites for hydroxylation is 1. The molecule has 1 aromatic carbocycles. The predicted octanol–water partition coefficient (Wildman–Crippen LogP) is 2.76. The van der Waals surface area contributed by atoms with Crippen molar-refractivity contribution < 1.29 is 5.11 Å². The van der Waals surface area contributed by atoms with Gasteiger partial charge < -0.3 is 5.11 Å². The Kier molecular flexibility index (Phi) is 2.52. The van der Waals surface area contributed by atoms with E-state index < -0.39 is 11.0 Å². The summed E-state index contributed by atoms with van der Waals surface area (Å²) in [7, 11) is 0. The molecule has 0 radical (unpaired) electrons. The van der Waals surface area contributed by atoms with Crippen LogP contribution in [0.5, 0.6) is 0 Å². The number of hydrogen-bond donors (Lipinski definition) is 1. The Balaban J connectivity index is 2.58. The van der Waals surface area contributed by atoms with E-state index in [4.69, 9.17) is 0 Å². The zero-order valence-corrected chi connectivity index (χ0v) is 9.83. The van der Waals surface area contributed by atoms with Gasteiger partial charge in [-0.25, -0.2) is 0 Å². The Bertz CT molecular complexity index is 444. The van der Waals surface area contributed by atoms with Crippen LogP contribution < -0.4 is 0 Å². The van der Waals surface area contributed by atoms with Gasteiger partial charge in [-0.2, -0.15) is 5.26 Å². The lowest BCUT2D eigenvalue weighted by Crippen LogP contribution is -2.43. The van der Waals surface area contributed by atoms with Gasteiger partial charge in [-0.15, -0.1) is 0 Å². The van der Waals surface area contributed by atoms with E-state index in [-0.39, 0.29) is 0 Å². The van der Waals surface area contributed by atoms with Gasteiger partial charge in [-0.05, 0) is 44.2 Å². The number of benzene rings is 1. The minimum absolute atomic E-state index is 0.671. The molecule has 2 heteroatoms. The van der Waals surface area contributed by atoms with Gasteiger partial charge >= 0.3 is 0 Å². The average molecular weight is 215 g/mol. The van der Waals surface area contributed by atoms with Crippen molar-refractivity contribution in [2.24, 2.45) is 5.41 Å². The molecule has 1 unspecified atom stereocenters. The zero-order chi connectivity index (χ0) is 11.8. The van der Waals surface area contributed by atoms with Crippen LogP contribution in [0.2, 0.25) is 0 Å². The summed E-state index contributed by atoms with van der Waals surface area (Å²) >= 11 is 0. The van der Waals surface area contributed by atoms with Crippen LogP contribution in [0.1, 0.15) is 37.8 Å². The maximum Gasteiger partial charge on any atom is 0.108 e. The fourth-order valence-electron chi connectivity index (χ4n) is 2.55. The highest BCUT2D eigenvalue weighted by Crippen LogP contribution is 2.46. The molecule has 1 atom stereocenters. The van der Waals surface area contributed by atoms with Crippen molar-refractivity contribution in [1.82, 2.24) is 0 Å². The molecule has 0 aromatic heterocycles. The monoisotopic (exact) mass is 215 g/mol. The summed E-state index contributed by atoms with van der Waals surface area (Å²) in [5.41, 5.74) is 0.368. The Morgan fingerprint density at radius 3 is 2.75 bits per heavy atom. The molecule has 0 bridgehead atoms. The molecule has 2 rings (SSSR count). The molecule has 0 saturated carbocycles. The SMILES string of the molecule is CC(C)(C#N)C1(O)CCCc2ccccc21. The topological polar surface area (TPSA) is 44.0 Å². The third kappa shape index (κ3) is 1.44. The van der Waals surface area contributed by atoms with Crippen LogP contribution in [0.25, 0.3) is 0 Å². The minimum atomic E-state index is -1.00. The van der Waals surface area contributed by atoms with Crippen LogP contribution in [0, 0.1) is 16.7 Å². The molecule has 1 aromatic rings. The van der Waals surface area contributed by atoms with E-state index in [0.717, 1.165) is 18.4 Å². The molecule has 1 N–H and O–H groups in total. The molecular formula is C14H17NO. The van der Waals surface area contributed by atoms with Gasteiger partial charge in [0, 0.05) is 0 Å². The standard InChI is InChI=1S/C14H17NO/c1-13(2,10-15)14(16)9-5-7-11-6-3-4-8-12(11)14/h3-4,6,8,16H,5,7,9H2,1-2H3. The predicted molar refractivity (Wildman–Crippen MR) is 62.7 cm³/mol. The zero-order valence-electron chi connectivity index (χ0n) is 9.83. The molecular weight excluding hydrogens is 198 g/mol. The van der Waals surface area contributed by atoms with Gasteiger partial charge in [0.25, 0.3) is 0 Å². The van der Waals surface area contributed by atoms with Gasteiger partial charge in [-0.1, -0.05) is 24.3 Å². The van der Waals surface area contributed by atoms with Crippen LogP contribution in [-0.4, -0.2) is 5.11 Å². The van der Waals surface area contributed by atoms with Crippen molar-refractivity contribution in [2.75, 3.05) is 0 Å². The quantitative estimate of drug-likeness (QED) is 0.782. The van der Waals surface area contributed by atoms with Gasteiger partial charge in [-0.3, -0.25) is 0 Å². The Labute approximate surface area is 96.5 Å². The molecule has 0 amide bonds. The van der Waals surface area contributed by atoms with Gasteiger partial charge in [0.2, 0.25) is 0 Å². The first-order valence-corrected chi connectivity index (χ1v) is 5.73. The van der Waals surface area contributed by atoms with E-state index in [1.54, 1.807) is 0 Å². The number of nitrogens with zero attached hydrogens (tertiary/aromatic N) is 1. The highest BCUT2D eigenvalue weighted by atomic mass is 16.3. The molecule has 0 heterocycles. The van der Waals surface area contributed by atoms with Gasteiger partial charge in [0.15, 0.2) is 0 Å². The third-order valence-corrected chi connectivity index (χ3v) is 3.76. The fraction of sp³-hybridized carbons (Fsp3) is 0.500. The first-order chi connectivity index (χ1) is 7.51. The normalized spacial score (nSPS) is 24.6. The van der Waals surface area contributed by atoms with E-state index >= 15 is 0 Å². The van der Waals surface area contributed by atoms with E-state index in [0.29, 0.717) is 6.42 Å². The van der Waals surface area contributed by atoms with Crippen molar-refractivity contribution >= 4 is 0 Å². The van der Waals surface area contributed by atoms with Crippen molar-refractivity contribution in [3.8, 4) is 6.07 Å². The summed E-state index contributed by atoms with van der Waals surface area (Å²) in [5.74, 6) is 0. The molecule has 0 saturated heterocycles. The van der Waals surface area contributed by atoms with E-state index in [2.05, 4.69) is 6.07 Å². The summed E-state index contributed by atoms with van der Waals surface area (Å²) in [6.07, 6.45) is 2.61. The molecule has 16 heavy (non-hydrogen) atoms. The van der Waals surface area contributed by atoms with Crippen LogP contribution in [-0.2, 0) is 12.0 Å². The highest BCUT2D eigenvalue weighted by Gasteiger charge is 2.47. The highest BCUT2D eigenvalue weighted by molar-refractivity contribution is 5.37. The largest absolute Gasteiger partial charge is 0.383 e. The van der Waals surface area contributed by atoms with Gasteiger partial charge in [0.1, 0.15) is 5.60 Å². The minimum Gasteiger partial charge on any atom is -0.383 e. The van der Waals surface area contributed by atoms with Crippen LogP contribution in [0.15, 0.2) is 24.3 Å². The Morgan fingerprint density at radius 1 is 1.38 bits per heavy atom. The first kappa shape index (κ1) is 11.2. The lowest BCUT2D eigenvalue weighted by atomic mass is 9.65. The maximum absolute atomic E-state index is 10.8. The van der Waals surface area contributed by atoms with E-state index in [1.807, 2.05) is 38.1 Å². The molecule has 0 spiro atoms. The van der Waals surface area contributed by atoms with Crippen molar-refractivity contribution in [3.63, 3.8) is 0 Å². The van der Waals surface area contributed by atoms with E-state index in [9.17, 15) is 10.4 Å². The molecule has 84 valence electrons. The Morgan fingerprint density at radius 2 is 2.06 bits per heavy atom. The number of fused-ring (bicyclic) bond motifs is 1. The molecule has 0 aliphatic heterocycles. The summed E-state index contributed by atoms with van der Waals surface area (Å²) in [4.78, 5) is 0. The summed E-state index contributed by atoms with van der Waals surface area (Å²) in [6, 6.07) is 10.2. The summed E-state index contributed by atoms with van der Waals surface area (Å²) in [5, 5.41) is 20.1. The van der Waals surface area contributed by atoms with Crippen molar-refractivity contribution in [2.45, 2.75) is 38.7 Å². The number of hydrogen-bond acceptors (Lipinski definition) is 2. The van der Waals surface area contributed by atoms with Gasteiger partial charge in [0.05, 0.1) is 11.5 Å². The third-order valence-electron chi connectivity index (χ3n) is 3.76. The number of rotatable bonds is 1. The summed E-state index contributed by atoms with van der Waals surface area (Å²) in [6.45, 7) is 3.63.